The van der Waals surface area contributed by atoms with Gasteiger partial charge in [-0.1, -0.05) is 11.6 Å². The largest absolute Gasteiger partial charge is 0.492 e. The number of ether oxygens (including phenoxy) is 1. The summed E-state index contributed by atoms with van der Waals surface area (Å²) in [5.74, 6) is 0.240. The van der Waals surface area contributed by atoms with Crippen molar-refractivity contribution in [2.45, 2.75) is 13.8 Å². The van der Waals surface area contributed by atoms with E-state index in [0.717, 1.165) is 0 Å². The number of hydrogen-bond donors (Lipinski definition) is 2. The van der Waals surface area contributed by atoms with Gasteiger partial charge in [-0.25, -0.2) is 0 Å². The smallest absolute Gasteiger partial charge is 0.276 e. The molecule has 6 nitrogen and oxygen atoms in total. The number of nitrogens with one attached hydrogen (secondary N) is 1. The zero-order chi connectivity index (χ0) is 15.6. The highest BCUT2D eigenvalue weighted by Crippen LogP contribution is 2.28. The summed E-state index contributed by atoms with van der Waals surface area (Å²) in [5, 5.41) is 7.29. The number of carbonyl (C=O) groups excluding carboxylic acids is 1. The summed E-state index contributed by atoms with van der Waals surface area (Å²) in [5.41, 5.74) is 7.73. The molecular weight excluding hydrogens is 292 g/mol. The minimum absolute atomic E-state index is 0.317. The van der Waals surface area contributed by atoms with Crippen molar-refractivity contribution in [3.63, 3.8) is 0 Å². The summed E-state index contributed by atoms with van der Waals surface area (Å²) in [6.07, 6.45) is 0. The lowest BCUT2D eigenvalue weighted by molar-refractivity contribution is 0.101. The van der Waals surface area contributed by atoms with Crippen LogP contribution in [0.25, 0.3) is 0 Å². The molecule has 7 heteroatoms. The summed E-state index contributed by atoms with van der Waals surface area (Å²) in [6, 6.07) is 5.05. The Morgan fingerprint density at radius 1 is 1.52 bits per heavy atom. The zero-order valence-electron chi connectivity index (χ0n) is 12.1. The maximum absolute atomic E-state index is 12.3. The van der Waals surface area contributed by atoms with Gasteiger partial charge in [0.2, 0.25) is 0 Å². The van der Waals surface area contributed by atoms with Gasteiger partial charge >= 0.3 is 0 Å². The van der Waals surface area contributed by atoms with Crippen molar-refractivity contribution in [2.75, 3.05) is 17.7 Å². The van der Waals surface area contributed by atoms with Gasteiger partial charge in [-0.05, 0) is 32.0 Å². The lowest BCUT2D eigenvalue weighted by Crippen LogP contribution is -2.17. The normalized spacial score (nSPS) is 10.5. The van der Waals surface area contributed by atoms with E-state index in [2.05, 4.69) is 10.4 Å². The van der Waals surface area contributed by atoms with E-state index >= 15 is 0 Å². The average molecular weight is 309 g/mol. The van der Waals surface area contributed by atoms with Crippen molar-refractivity contribution >= 4 is 28.9 Å². The Labute approximate surface area is 127 Å². The molecule has 0 atom stereocenters. The maximum Gasteiger partial charge on any atom is 0.276 e. The Morgan fingerprint density at radius 2 is 2.24 bits per heavy atom. The summed E-state index contributed by atoms with van der Waals surface area (Å²) >= 11 is 6.09. The first kappa shape index (κ1) is 15.2. The molecular formula is C14H17ClN4O2. The van der Waals surface area contributed by atoms with E-state index in [1.807, 2.05) is 6.92 Å². The molecule has 0 radical (unpaired) electrons. The molecule has 112 valence electrons. The number of anilines is 2. The van der Waals surface area contributed by atoms with Crippen LogP contribution in [0.2, 0.25) is 5.02 Å². The van der Waals surface area contributed by atoms with E-state index in [-0.39, 0.29) is 5.91 Å². The minimum Gasteiger partial charge on any atom is -0.492 e. The number of hydrogen-bond acceptors (Lipinski definition) is 4. The van der Waals surface area contributed by atoms with E-state index in [0.29, 0.717) is 40.1 Å². The average Bonchev–Trinajstić information content (AvgIpc) is 2.66. The molecule has 1 amide bonds. The van der Waals surface area contributed by atoms with Crippen LogP contribution in [0.4, 0.5) is 11.4 Å². The fourth-order valence-electron chi connectivity index (χ4n) is 1.99. The fraction of sp³-hybridized carbons (Fsp3) is 0.286. The highest BCUT2D eigenvalue weighted by atomic mass is 35.5. The summed E-state index contributed by atoms with van der Waals surface area (Å²) in [7, 11) is 1.67. The minimum atomic E-state index is -0.337. The van der Waals surface area contributed by atoms with Gasteiger partial charge < -0.3 is 15.8 Å². The zero-order valence-corrected chi connectivity index (χ0v) is 12.9. The van der Waals surface area contributed by atoms with Gasteiger partial charge in [-0.2, -0.15) is 5.10 Å². The number of amides is 1. The molecule has 0 aliphatic rings. The lowest BCUT2D eigenvalue weighted by atomic mass is 10.2. The Balaban J connectivity index is 2.22. The van der Waals surface area contributed by atoms with Gasteiger partial charge in [-0.15, -0.1) is 0 Å². The van der Waals surface area contributed by atoms with Gasteiger partial charge in [0.1, 0.15) is 11.4 Å². The molecule has 0 saturated carbocycles. The molecule has 3 N–H and O–H groups in total. The van der Waals surface area contributed by atoms with Crippen molar-refractivity contribution in [2.24, 2.45) is 7.05 Å². The van der Waals surface area contributed by atoms with Crippen molar-refractivity contribution < 1.29 is 9.53 Å². The third kappa shape index (κ3) is 3.11. The number of benzene rings is 1. The molecule has 0 fully saturated rings. The number of halogens is 1. The standard InChI is InChI=1S/C14H17ClN4O2/c1-4-21-11-6-5-9(7-10(11)15)17-14(20)13-12(16)8(2)18-19(13)3/h5-7H,4,16H2,1-3H3,(H,17,20). The summed E-state index contributed by atoms with van der Waals surface area (Å²) in [4.78, 5) is 12.3. The molecule has 21 heavy (non-hydrogen) atoms. The van der Waals surface area contributed by atoms with Crippen LogP contribution in [-0.2, 0) is 7.05 Å². The first-order valence-electron chi connectivity index (χ1n) is 6.46. The topological polar surface area (TPSA) is 82.2 Å². The highest BCUT2D eigenvalue weighted by Gasteiger charge is 2.18. The SMILES string of the molecule is CCOc1ccc(NC(=O)c2c(N)c(C)nn2C)cc1Cl. The molecule has 1 heterocycles. The van der Waals surface area contributed by atoms with Crippen LogP contribution in [-0.4, -0.2) is 22.3 Å². The quantitative estimate of drug-likeness (QED) is 0.909. The third-order valence-corrected chi connectivity index (χ3v) is 3.27. The van der Waals surface area contributed by atoms with Crippen LogP contribution in [0.3, 0.4) is 0 Å². The van der Waals surface area contributed by atoms with E-state index in [4.69, 9.17) is 22.1 Å². The van der Waals surface area contributed by atoms with Crippen LogP contribution in [0, 0.1) is 6.92 Å². The number of aromatic nitrogens is 2. The lowest BCUT2D eigenvalue weighted by Gasteiger charge is -2.09. The maximum atomic E-state index is 12.3. The first-order chi connectivity index (χ1) is 9.93. The molecule has 0 bridgehead atoms. The van der Waals surface area contributed by atoms with Crippen molar-refractivity contribution in [1.82, 2.24) is 9.78 Å². The van der Waals surface area contributed by atoms with Crippen LogP contribution >= 0.6 is 11.6 Å². The fourth-order valence-corrected chi connectivity index (χ4v) is 2.22. The third-order valence-electron chi connectivity index (χ3n) is 2.97. The van der Waals surface area contributed by atoms with E-state index in [1.54, 1.807) is 32.2 Å². The van der Waals surface area contributed by atoms with Crippen LogP contribution in [0.15, 0.2) is 18.2 Å². The second kappa shape index (κ2) is 6.05. The predicted molar refractivity (Wildman–Crippen MR) is 82.9 cm³/mol. The first-order valence-corrected chi connectivity index (χ1v) is 6.84. The number of aryl methyl sites for hydroxylation is 2. The van der Waals surface area contributed by atoms with E-state index in [1.165, 1.54) is 4.68 Å². The van der Waals surface area contributed by atoms with Crippen LogP contribution in [0.1, 0.15) is 23.1 Å². The van der Waals surface area contributed by atoms with Gasteiger partial charge in [0, 0.05) is 12.7 Å². The van der Waals surface area contributed by atoms with E-state index in [9.17, 15) is 4.79 Å². The van der Waals surface area contributed by atoms with Gasteiger partial charge in [0.25, 0.3) is 5.91 Å². The Bertz CT molecular complexity index is 682. The second-order valence-corrected chi connectivity index (χ2v) is 4.91. The number of carbonyl (C=O) groups is 1. The van der Waals surface area contributed by atoms with E-state index < -0.39 is 0 Å². The van der Waals surface area contributed by atoms with Crippen molar-refractivity contribution in [1.29, 1.82) is 0 Å². The summed E-state index contributed by atoms with van der Waals surface area (Å²) in [6.45, 7) is 4.15. The Morgan fingerprint density at radius 3 is 2.76 bits per heavy atom. The van der Waals surface area contributed by atoms with Crippen molar-refractivity contribution in [3.05, 3.63) is 34.6 Å². The molecule has 2 rings (SSSR count). The second-order valence-electron chi connectivity index (χ2n) is 4.50. The van der Waals surface area contributed by atoms with Gasteiger partial charge in [0.15, 0.2) is 0 Å². The molecule has 0 aliphatic heterocycles. The van der Waals surface area contributed by atoms with Crippen LogP contribution in [0.5, 0.6) is 5.75 Å². The number of nitrogen functional groups attached to an aromatic ring is 1. The number of rotatable bonds is 4. The Hall–Kier alpha value is -2.21. The summed E-state index contributed by atoms with van der Waals surface area (Å²) < 4.78 is 6.80. The number of nitrogens with two attached hydrogens (primary N) is 1. The molecule has 1 aromatic carbocycles. The molecule has 0 saturated heterocycles. The van der Waals surface area contributed by atoms with Crippen LogP contribution < -0.4 is 15.8 Å². The monoisotopic (exact) mass is 308 g/mol. The Kier molecular flexibility index (Phi) is 4.37. The number of nitrogens with zero attached hydrogens (tertiary/aromatic N) is 2. The van der Waals surface area contributed by atoms with Gasteiger partial charge in [-0.3, -0.25) is 9.48 Å². The molecule has 2 aromatic rings. The van der Waals surface area contributed by atoms with Gasteiger partial charge in [0.05, 0.1) is 23.0 Å². The van der Waals surface area contributed by atoms with Crippen molar-refractivity contribution in [3.8, 4) is 5.75 Å². The predicted octanol–water partition coefficient (Wildman–Crippen LogP) is 2.62. The highest BCUT2D eigenvalue weighted by molar-refractivity contribution is 6.32. The molecule has 0 unspecified atom stereocenters. The molecule has 1 aromatic heterocycles. The molecule has 0 spiro atoms. The molecule has 0 aliphatic carbocycles.